The van der Waals surface area contributed by atoms with Crippen molar-refractivity contribution in [3.63, 3.8) is 0 Å². The van der Waals surface area contributed by atoms with Crippen molar-refractivity contribution in [2.45, 2.75) is 45.2 Å². The summed E-state index contributed by atoms with van der Waals surface area (Å²) in [5.74, 6) is -0.130. The van der Waals surface area contributed by atoms with Crippen molar-refractivity contribution in [2.24, 2.45) is 0 Å². The first-order chi connectivity index (χ1) is 9.11. The molecule has 2 unspecified atom stereocenters. The zero-order valence-electron chi connectivity index (χ0n) is 11.6. The van der Waals surface area contributed by atoms with Gasteiger partial charge in [0, 0.05) is 23.1 Å². The minimum atomic E-state index is -0.130. The summed E-state index contributed by atoms with van der Waals surface area (Å²) in [6, 6.07) is 6.10. The first-order valence-corrected chi connectivity index (χ1v) is 7.86. The highest BCUT2D eigenvalue weighted by molar-refractivity contribution is 9.10. The molecule has 4 heteroatoms. The molecule has 0 radical (unpaired) electrons. The second-order valence-electron chi connectivity index (χ2n) is 5.31. The molecule has 1 heterocycles. The van der Waals surface area contributed by atoms with Gasteiger partial charge in [0.1, 0.15) is 5.82 Å². The molecule has 106 valence electrons. The highest BCUT2D eigenvalue weighted by atomic mass is 79.9. The van der Waals surface area contributed by atoms with E-state index in [4.69, 9.17) is 0 Å². The minimum Gasteiger partial charge on any atom is -0.366 e. The van der Waals surface area contributed by atoms with Gasteiger partial charge in [-0.2, -0.15) is 0 Å². The molecule has 0 amide bonds. The molecule has 0 aliphatic carbocycles. The summed E-state index contributed by atoms with van der Waals surface area (Å²) in [7, 11) is 0. The zero-order valence-corrected chi connectivity index (χ0v) is 13.2. The number of piperidine rings is 1. The van der Waals surface area contributed by atoms with E-state index < -0.39 is 0 Å². The molecule has 19 heavy (non-hydrogen) atoms. The third-order valence-electron chi connectivity index (χ3n) is 3.78. The van der Waals surface area contributed by atoms with Gasteiger partial charge in [0.2, 0.25) is 0 Å². The number of nitrogens with one attached hydrogen (secondary N) is 1. The SMILES string of the molecule is CCCNC1CCN(c2cc(Br)ccc2F)C(C)C1. The van der Waals surface area contributed by atoms with Crippen LogP contribution in [0.1, 0.15) is 33.1 Å². The fraction of sp³-hybridized carbons (Fsp3) is 0.600. The van der Waals surface area contributed by atoms with E-state index in [1.165, 1.54) is 6.07 Å². The van der Waals surface area contributed by atoms with Crippen LogP contribution in [0.5, 0.6) is 0 Å². The van der Waals surface area contributed by atoms with E-state index in [2.05, 4.69) is 40.0 Å². The molecule has 1 aromatic carbocycles. The summed E-state index contributed by atoms with van der Waals surface area (Å²) >= 11 is 3.42. The molecule has 2 rings (SSSR count). The number of benzene rings is 1. The molecular formula is C15H22BrFN2. The monoisotopic (exact) mass is 328 g/mol. The quantitative estimate of drug-likeness (QED) is 0.900. The molecule has 0 aromatic heterocycles. The lowest BCUT2D eigenvalue weighted by Gasteiger charge is -2.39. The molecule has 2 atom stereocenters. The maximum atomic E-state index is 13.9. The summed E-state index contributed by atoms with van der Waals surface area (Å²) in [6.07, 6.45) is 3.32. The van der Waals surface area contributed by atoms with E-state index in [1.54, 1.807) is 6.07 Å². The van der Waals surface area contributed by atoms with E-state index in [-0.39, 0.29) is 5.82 Å². The van der Waals surface area contributed by atoms with Crippen LogP contribution in [0.15, 0.2) is 22.7 Å². The number of hydrogen-bond donors (Lipinski definition) is 1. The molecule has 0 bridgehead atoms. The van der Waals surface area contributed by atoms with Gasteiger partial charge < -0.3 is 10.2 Å². The van der Waals surface area contributed by atoms with Crippen LogP contribution >= 0.6 is 15.9 Å². The Morgan fingerprint density at radius 2 is 2.26 bits per heavy atom. The lowest BCUT2D eigenvalue weighted by atomic mass is 9.97. The van der Waals surface area contributed by atoms with Crippen molar-refractivity contribution in [2.75, 3.05) is 18.0 Å². The van der Waals surface area contributed by atoms with Gasteiger partial charge >= 0.3 is 0 Å². The maximum Gasteiger partial charge on any atom is 0.146 e. The molecule has 1 aliphatic heterocycles. The topological polar surface area (TPSA) is 15.3 Å². The van der Waals surface area contributed by atoms with Gasteiger partial charge in [-0.05, 0) is 50.9 Å². The number of anilines is 1. The summed E-state index contributed by atoms with van der Waals surface area (Å²) in [4.78, 5) is 2.18. The van der Waals surface area contributed by atoms with Gasteiger partial charge in [-0.3, -0.25) is 0 Å². The van der Waals surface area contributed by atoms with Crippen molar-refractivity contribution in [1.82, 2.24) is 5.32 Å². The van der Waals surface area contributed by atoms with Gasteiger partial charge in [0.15, 0.2) is 0 Å². The highest BCUT2D eigenvalue weighted by Gasteiger charge is 2.26. The van der Waals surface area contributed by atoms with Gasteiger partial charge in [-0.15, -0.1) is 0 Å². The van der Waals surface area contributed by atoms with Crippen LogP contribution < -0.4 is 10.2 Å². The Hall–Kier alpha value is -0.610. The van der Waals surface area contributed by atoms with Crippen molar-refractivity contribution >= 4 is 21.6 Å². The smallest absolute Gasteiger partial charge is 0.146 e. The van der Waals surface area contributed by atoms with Crippen molar-refractivity contribution in [3.8, 4) is 0 Å². The predicted octanol–water partition coefficient (Wildman–Crippen LogP) is 3.95. The number of halogens is 2. The third kappa shape index (κ3) is 3.69. The third-order valence-corrected chi connectivity index (χ3v) is 4.27. The van der Waals surface area contributed by atoms with Crippen molar-refractivity contribution < 1.29 is 4.39 Å². The van der Waals surface area contributed by atoms with Gasteiger partial charge in [-0.1, -0.05) is 22.9 Å². The van der Waals surface area contributed by atoms with Crippen LogP contribution in [0, 0.1) is 5.82 Å². The second-order valence-corrected chi connectivity index (χ2v) is 6.23. The standard InChI is InChI=1S/C15H22BrFN2/c1-3-7-18-13-6-8-19(11(2)9-13)15-10-12(16)4-5-14(15)17/h4-5,10-11,13,18H,3,6-9H2,1-2H3. The fourth-order valence-corrected chi connectivity index (χ4v) is 3.12. The van der Waals surface area contributed by atoms with E-state index in [9.17, 15) is 4.39 Å². The van der Waals surface area contributed by atoms with E-state index in [0.29, 0.717) is 12.1 Å². The maximum absolute atomic E-state index is 13.9. The molecule has 1 N–H and O–H groups in total. The number of rotatable bonds is 4. The Balaban J connectivity index is 2.05. The Morgan fingerprint density at radius 1 is 1.47 bits per heavy atom. The molecule has 2 nitrogen and oxygen atoms in total. The molecule has 1 fully saturated rings. The van der Waals surface area contributed by atoms with E-state index >= 15 is 0 Å². The molecule has 0 saturated carbocycles. The lowest BCUT2D eigenvalue weighted by Crippen LogP contribution is -2.48. The fourth-order valence-electron chi connectivity index (χ4n) is 2.77. The van der Waals surface area contributed by atoms with Crippen LogP contribution in [-0.4, -0.2) is 25.2 Å². The average molecular weight is 329 g/mol. The molecule has 1 aromatic rings. The van der Waals surface area contributed by atoms with Gasteiger partial charge in [-0.25, -0.2) is 4.39 Å². The second kappa shape index (κ2) is 6.71. The summed E-state index contributed by atoms with van der Waals surface area (Å²) in [5, 5.41) is 3.57. The first kappa shape index (κ1) is 14.8. The Labute approximate surface area is 123 Å². The number of nitrogens with zero attached hydrogens (tertiary/aromatic N) is 1. The van der Waals surface area contributed by atoms with Crippen molar-refractivity contribution in [3.05, 3.63) is 28.5 Å². The predicted molar refractivity (Wildman–Crippen MR) is 82.2 cm³/mol. The van der Waals surface area contributed by atoms with Crippen LogP contribution in [0.3, 0.4) is 0 Å². The van der Waals surface area contributed by atoms with Crippen LogP contribution in [0.2, 0.25) is 0 Å². The summed E-state index contributed by atoms with van der Waals surface area (Å²) in [6.45, 7) is 6.35. The normalized spacial score (nSPS) is 23.7. The minimum absolute atomic E-state index is 0.130. The van der Waals surface area contributed by atoms with E-state index in [0.717, 1.165) is 42.5 Å². The zero-order chi connectivity index (χ0) is 13.8. The number of hydrogen-bond acceptors (Lipinski definition) is 2. The highest BCUT2D eigenvalue weighted by Crippen LogP contribution is 2.29. The Bertz CT molecular complexity index is 425. The average Bonchev–Trinajstić information content (AvgIpc) is 2.40. The molecule has 1 saturated heterocycles. The summed E-state index contributed by atoms with van der Waals surface area (Å²) in [5.41, 5.74) is 0.718. The Kier molecular flexibility index (Phi) is 5.22. The van der Waals surface area contributed by atoms with Gasteiger partial charge in [0.25, 0.3) is 0 Å². The molecular weight excluding hydrogens is 307 g/mol. The van der Waals surface area contributed by atoms with E-state index in [1.807, 2.05) is 6.07 Å². The van der Waals surface area contributed by atoms with Crippen LogP contribution in [0.4, 0.5) is 10.1 Å². The summed E-state index contributed by atoms with van der Waals surface area (Å²) < 4.78 is 14.9. The van der Waals surface area contributed by atoms with Crippen LogP contribution in [0.25, 0.3) is 0 Å². The van der Waals surface area contributed by atoms with Crippen molar-refractivity contribution in [1.29, 1.82) is 0 Å². The van der Waals surface area contributed by atoms with Crippen LogP contribution in [-0.2, 0) is 0 Å². The first-order valence-electron chi connectivity index (χ1n) is 7.07. The largest absolute Gasteiger partial charge is 0.366 e. The molecule has 1 aliphatic rings. The Morgan fingerprint density at radius 3 is 2.95 bits per heavy atom. The molecule has 0 spiro atoms. The lowest BCUT2D eigenvalue weighted by molar-refractivity contribution is 0.366. The van der Waals surface area contributed by atoms with Gasteiger partial charge in [0.05, 0.1) is 5.69 Å².